The molecule has 1 N–H and O–H groups in total. The third-order valence-corrected chi connectivity index (χ3v) is 5.25. The minimum atomic E-state index is -1.04. The van der Waals surface area contributed by atoms with Crippen molar-refractivity contribution in [3.63, 3.8) is 0 Å². The number of fused-ring (bicyclic) bond motifs is 1. The average molecular weight is 409 g/mol. The number of aliphatic carboxylic acids is 1. The van der Waals surface area contributed by atoms with Gasteiger partial charge in [0.2, 0.25) is 0 Å². The van der Waals surface area contributed by atoms with Crippen molar-refractivity contribution >= 4 is 23.2 Å². The number of benzene rings is 2. The molecule has 2 aromatic carbocycles. The van der Waals surface area contributed by atoms with Crippen molar-refractivity contribution in [3.8, 4) is 0 Å². The van der Waals surface area contributed by atoms with Crippen molar-refractivity contribution < 1.29 is 39.5 Å². The Labute approximate surface area is 199 Å². The first kappa shape index (κ1) is 22.3. The molecule has 0 spiro atoms. The zero-order valence-electron chi connectivity index (χ0n) is 17.3. The summed E-state index contributed by atoms with van der Waals surface area (Å²) in [5.41, 5.74) is 6.00. The number of aryl methyl sites for hydroxylation is 2. The van der Waals surface area contributed by atoms with Gasteiger partial charge >= 0.3 is 29.6 Å². The predicted octanol–water partition coefficient (Wildman–Crippen LogP) is 0.465. The van der Waals surface area contributed by atoms with Gasteiger partial charge in [0, 0.05) is 36.6 Å². The SMILES string of the molecule is O=C([O-])CCc1ccc(NCc2ccc3c(c2)N(c2ccccc2)CCC3)nc1.[Na+]. The van der Waals surface area contributed by atoms with Gasteiger partial charge < -0.3 is 20.1 Å². The van der Waals surface area contributed by atoms with Gasteiger partial charge in [-0.1, -0.05) is 36.4 Å². The Balaban J connectivity index is 0.00000256. The molecule has 0 aliphatic carbocycles. The molecule has 0 saturated heterocycles. The normalized spacial score (nSPS) is 12.6. The van der Waals surface area contributed by atoms with Crippen molar-refractivity contribution in [3.05, 3.63) is 83.6 Å². The molecular formula is C24H24N3NaO2. The van der Waals surface area contributed by atoms with Gasteiger partial charge in [-0.25, -0.2) is 4.98 Å². The van der Waals surface area contributed by atoms with Crippen LogP contribution in [0.5, 0.6) is 0 Å². The number of carbonyl (C=O) groups is 1. The topological polar surface area (TPSA) is 68.3 Å². The standard InChI is InChI=1S/C24H25N3O2.Na/c28-24(29)13-10-18-9-12-23(25-16-18)26-17-19-8-11-20-5-4-14-27(22(20)15-19)21-6-2-1-3-7-21;/h1-3,6-9,11-12,15-16H,4-5,10,13-14,17H2,(H,25,26)(H,28,29);/q;+1/p-1. The first-order valence-electron chi connectivity index (χ1n) is 10.0. The largest absolute Gasteiger partial charge is 1.00 e. The molecule has 30 heavy (non-hydrogen) atoms. The molecule has 1 aromatic heterocycles. The van der Waals surface area contributed by atoms with Gasteiger partial charge in [0.05, 0.1) is 0 Å². The molecule has 0 bridgehead atoms. The predicted molar refractivity (Wildman–Crippen MR) is 113 cm³/mol. The first-order chi connectivity index (χ1) is 14.2. The van der Waals surface area contributed by atoms with Crippen LogP contribution in [0.3, 0.4) is 0 Å². The molecule has 0 fully saturated rings. The van der Waals surface area contributed by atoms with E-state index in [1.807, 2.05) is 18.2 Å². The minimum Gasteiger partial charge on any atom is -0.550 e. The maximum atomic E-state index is 10.6. The number of nitrogens with one attached hydrogen (secondary N) is 1. The van der Waals surface area contributed by atoms with E-state index in [2.05, 4.69) is 57.7 Å². The molecule has 1 aliphatic heterocycles. The summed E-state index contributed by atoms with van der Waals surface area (Å²) in [4.78, 5) is 17.3. The van der Waals surface area contributed by atoms with Crippen LogP contribution >= 0.6 is 0 Å². The van der Waals surface area contributed by atoms with E-state index < -0.39 is 5.97 Å². The number of hydrogen-bond acceptors (Lipinski definition) is 5. The van der Waals surface area contributed by atoms with Crippen molar-refractivity contribution in [2.45, 2.75) is 32.2 Å². The van der Waals surface area contributed by atoms with E-state index in [9.17, 15) is 9.90 Å². The Morgan fingerprint density at radius 1 is 1.07 bits per heavy atom. The number of carbonyl (C=O) groups excluding carboxylic acids is 1. The Kier molecular flexibility index (Phi) is 7.91. The quantitative estimate of drug-likeness (QED) is 0.575. The molecule has 0 saturated carbocycles. The van der Waals surface area contributed by atoms with E-state index in [-0.39, 0.29) is 36.0 Å². The van der Waals surface area contributed by atoms with E-state index in [0.29, 0.717) is 13.0 Å². The Bertz CT molecular complexity index is 978. The summed E-state index contributed by atoms with van der Waals surface area (Å²) in [7, 11) is 0. The maximum absolute atomic E-state index is 10.6. The first-order valence-corrected chi connectivity index (χ1v) is 10.0. The van der Waals surface area contributed by atoms with Gasteiger partial charge in [0.1, 0.15) is 5.82 Å². The fourth-order valence-electron chi connectivity index (χ4n) is 3.72. The van der Waals surface area contributed by atoms with Crippen LogP contribution in [-0.2, 0) is 24.2 Å². The summed E-state index contributed by atoms with van der Waals surface area (Å²) in [5.74, 6) is -0.260. The van der Waals surface area contributed by atoms with Crippen LogP contribution in [0.15, 0.2) is 66.9 Å². The number of pyridine rings is 1. The number of anilines is 3. The molecule has 3 aromatic rings. The molecule has 0 amide bonds. The summed E-state index contributed by atoms with van der Waals surface area (Å²) < 4.78 is 0. The second-order valence-electron chi connectivity index (χ2n) is 7.33. The zero-order chi connectivity index (χ0) is 20.1. The molecule has 4 rings (SSSR count). The molecule has 6 heteroatoms. The summed E-state index contributed by atoms with van der Waals surface area (Å²) in [6.45, 7) is 1.71. The zero-order valence-corrected chi connectivity index (χ0v) is 19.3. The molecule has 0 radical (unpaired) electrons. The van der Waals surface area contributed by atoms with E-state index in [1.165, 1.54) is 22.5 Å². The molecular weight excluding hydrogens is 385 g/mol. The van der Waals surface area contributed by atoms with Crippen LogP contribution in [0, 0.1) is 0 Å². The number of aromatic nitrogens is 1. The minimum absolute atomic E-state index is 0. The van der Waals surface area contributed by atoms with Crippen LogP contribution in [0.2, 0.25) is 0 Å². The van der Waals surface area contributed by atoms with E-state index in [4.69, 9.17) is 0 Å². The molecule has 5 nitrogen and oxygen atoms in total. The van der Waals surface area contributed by atoms with Crippen LogP contribution < -0.4 is 44.9 Å². The molecule has 2 heterocycles. The fraction of sp³-hybridized carbons (Fsp3) is 0.250. The molecule has 0 unspecified atom stereocenters. The maximum Gasteiger partial charge on any atom is 1.00 e. The number of carboxylic acid groups (broad SMARTS) is 1. The van der Waals surface area contributed by atoms with E-state index >= 15 is 0 Å². The number of rotatable bonds is 7. The van der Waals surface area contributed by atoms with E-state index in [0.717, 1.165) is 30.8 Å². The summed E-state index contributed by atoms with van der Waals surface area (Å²) in [6.07, 6.45) is 4.45. The summed E-state index contributed by atoms with van der Waals surface area (Å²) in [5, 5.41) is 13.9. The number of nitrogens with zero attached hydrogens (tertiary/aromatic N) is 2. The van der Waals surface area contributed by atoms with Crippen LogP contribution in [0.25, 0.3) is 0 Å². The van der Waals surface area contributed by atoms with Gasteiger partial charge in [-0.15, -0.1) is 0 Å². The number of para-hydroxylation sites is 1. The van der Waals surface area contributed by atoms with Gasteiger partial charge in [-0.3, -0.25) is 0 Å². The van der Waals surface area contributed by atoms with Crippen molar-refractivity contribution in [1.82, 2.24) is 4.98 Å². The van der Waals surface area contributed by atoms with Gasteiger partial charge in [0.25, 0.3) is 0 Å². The van der Waals surface area contributed by atoms with Crippen molar-refractivity contribution in [1.29, 1.82) is 0 Å². The number of hydrogen-bond donors (Lipinski definition) is 1. The third-order valence-electron chi connectivity index (χ3n) is 5.25. The smallest absolute Gasteiger partial charge is 0.550 e. The number of carboxylic acids is 1. The third kappa shape index (κ3) is 5.63. The Hall–Kier alpha value is -2.34. The molecule has 1 aliphatic rings. The van der Waals surface area contributed by atoms with Gasteiger partial charge in [-0.05, 0) is 66.6 Å². The van der Waals surface area contributed by atoms with E-state index in [1.54, 1.807) is 6.20 Å². The van der Waals surface area contributed by atoms with Crippen LogP contribution in [-0.4, -0.2) is 17.5 Å². The summed E-state index contributed by atoms with van der Waals surface area (Å²) in [6, 6.07) is 21.0. The van der Waals surface area contributed by atoms with Gasteiger partial charge in [0.15, 0.2) is 0 Å². The Morgan fingerprint density at radius 2 is 1.87 bits per heavy atom. The van der Waals surface area contributed by atoms with Crippen molar-refractivity contribution in [2.75, 3.05) is 16.8 Å². The van der Waals surface area contributed by atoms with Crippen molar-refractivity contribution in [2.24, 2.45) is 0 Å². The second-order valence-corrected chi connectivity index (χ2v) is 7.33. The van der Waals surface area contributed by atoms with Crippen LogP contribution in [0.1, 0.15) is 29.5 Å². The molecule has 0 atom stereocenters. The van der Waals surface area contributed by atoms with Crippen LogP contribution in [0.4, 0.5) is 17.2 Å². The molecule has 148 valence electrons. The average Bonchev–Trinajstić information content (AvgIpc) is 2.77. The monoisotopic (exact) mass is 409 g/mol. The Morgan fingerprint density at radius 3 is 2.60 bits per heavy atom. The summed E-state index contributed by atoms with van der Waals surface area (Å²) >= 11 is 0. The van der Waals surface area contributed by atoms with Gasteiger partial charge in [-0.2, -0.15) is 0 Å². The fourth-order valence-corrected chi connectivity index (χ4v) is 3.72. The second kappa shape index (κ2) is 10.6.